The molecular weight excluding hydrogens is 234 g/mol. The molecule has 19 heavy (non-hydrogen) atoms. The number of nitrogens with two attached hydrogens (primary N) is 1. The van der Waals surface area contributed by atoms with Gasteiger partial charge in [0.2, 0.25) is 0 Å². The van der Waals surface area contributed by atoms with Crippen molar-refractivity contribution in [2.75, 3.05) is 26.2 Å². The summed E-state index contributed by atoms with van der Waals surface area (Å²) in [5, 5.41) is 0. The van der Waals surface area contributed by atoms with Crippen LogP contribution in [0.5, 0.6) is 0 Å². The van der Waals surface area contributed by atoms with Crippen LogP contribution in [0.1, 0.15) is 30.4 Å². The fraction of sp³-hybridized carbons (Fsp3) is 0.625. The summed E-state index contributed by atoms with van der Waals surface area (Å²) >= 11 is 0. The summed E-state index contributed by atoms with van der Waals surface area (Å²) in [7, 11) is 0. The van der Waals surface area contributed by atoms with Gasteiger partial charge in [0.25, 0.3) is 0 Å². The van der Waals surface area contributed by atoms with E-state index >= 15 is 0 Å². The lowest BCUT2D eigenvalue weighted by Crippen LogP contribution is -2.35. The fourth-order valence-corrected chi connectivity index (χ4v) is 3.47. The first-order chi connectivity index (χ1) is 9.35. The highest BCUT2D eigenvalue weighted by molar-refractivity contribution is 5.23. The van der Waals surface area contributed by atoms with E-state index in [9.17, 15) is 0 Å². The lowest BCUT2D eigenvalue weighted by atomic mass is 10.1. The first-order valence-corrected chi connectivity index (χ1v) is 7.59. The van der Waals surface area contributed by atoms with E-state index in [2.05, 4.69) is 34.1 Å². The first-order valence-electron chi connectivity index (χ1n) is 7.59. The first kappa shape index (κ1) is 13.1. The summed E-state index contributed by atoms with van der Waals surface area (Å²) < 4.78 is 0. The van der Waals surface area contributed by atoms with E-state index in [-0.39, 0.29) is 0 Å². The Kier molecular flexibility index (Phi) is 4.16. The summed E-state index contributed by atoms with van der Waals surface area (Å²) in [5.41, 5.74) is 8.36. The topological polar surface area (TPSA) is 32.5 Å². The van der Waals surface area contributed by atoms with Crippen LogP contribution in [0.2, 0.25) is 0 Å². The minimum atomic E-state index is 0.643. The average Bonchev–Trinajstić information content (AvgIpc) is 3.09. The van der Waals surface area contributed by atoms with E-state index in [1.165, 1.54) is 56.6 Å². The standard InChI is InChI=1S/C16H25N3/c17-11-14-4-3-5-15(10-14)12-18-9-6-16(13-18)19-7-1-2-8-19/h3-5,10,16H,1-2,6-9,11-13,17H2. The zero-order valence-electron chi connectivity index (χ0n) is 11.7. The molecular formula is C16H25N3. The quantitative estimate of drug-likeness (QED) is 0.895. The average molecular weight is 259 g/mol. The molecule has 0 amide bonds. The maximum absolute atomic E-state index is 5.71. The van der Waals surface area contributed by atoms with Crippen LogP contribution in [0, 0.1) is 0 Å². The largest absolute Gasteiger partial charge is 0.326 e. The molecule has 2 aliphatic rings. The van der Waals surface area contributed by atoms with Gasteiger partial charge in [0.1, 0.15) is 0 Å². The van der Waals surface area contributed by atoms with Crippen LogP contribution in [0.15, 0.2) is 24.3 Å². The van der Waals surface area contributed by atoms with Gasteiger partial charge in [-0.1, -0.05) is 24.3 Å². The van der Waals surface area contributed by atoms with Crippen molar-refractivity contribution in [2.45, 2.75) is 38.4 Å². The summed E-state index contributed by atoms with van der Waals surface area (Å²) in [6.07, 6.45) is 4.14. The van der Waals surface area contributed by atoms with Gasteiger partial charge in [-0.3, -0.25) is 9.80 Å². The van der Waals surface area contributed by atoms with Gasteiger partial charge in [-0.15, -0.1) is 0 Å². The van der Waals surface area contributed by atoms with Crippen LogP contribution in [0.3, 0.4) is 0 Å². The maximum Gasteiger partial charge on any atom is 0.0235 e. The Morgan fingerprint density at radius 3 is 2.68 bits per heavy atom. The van der Waals surface area contributed by atoms with Gasteiger partial charge < -0.3 is 5.73 Å². The lowest BCUT2D eigenvalue weighted by molar-refractivity contribution is 0.230. The van der Waals surface area contributed by atoms with Crippen molar-refractivity contribution in [1.29, 1.82) is 0 Å². The molecule has 3 nitrogen and oxygen atoms in total. The summed E-state index contributed by atoms with van der Waals surface area (Å²) in [6, 6.07) is 9.53. The molecule has 2 saturated heterocycles. The minimum Gasteiger partial charge on any atom is -0.326 e. The third kappa shape index (κ3) is 3.16. The Labute approximate surface area is 116 Å². The van der Waals surface area contributed by atoms with Gasteiger partial charge in [-0.25, -0.2) is 0 Å². The molecule has 0 bridgehead atoms. The van der Waals surface area contributed by atoms with E-state index in [0.717, 1.165) is 12.6 Å². The number of hydrogen-bond acceptors (Lipinski definition) is 3. The molecule has 2 fully saturated rings. The molecule has 2 aliphatic heterocycles. The van der Waals surface area contributed by atoms with E-state index in [1.54, 1.807) is 0 Å². The minimum absolute atomic E-state index is 0.643. The zero-order valence-corrected chi connectivity index (χ0v) is 11.7. The molecule has 104 valence electrons. The van der Waals surface area contributed by atoms with Crippen molar-refractivity contribution >= 4 is 0 Å². The molecule has 3 rings (SSSR count). The lowest BCUT2D eigenvalue weighted by Gasteiger charge is -2.23. The molecule has 0 aliphatic carbocycles. The molecule has 1 unspecified atom stereocenters. The van der Waals surface area contributed by atoms with E-state index in [0.29, 0.717) is 6.54 Å². The van der Waals surface area contributed by atoms with Gasteiger partial charge in [-0.2, -0.15) is 0 Å². The highest BCUT2D eigenvalue weighted by Crippen LogP contribution is 2.21. The second-order valence-electron chi connectivity index (χ2n) is 5.94. The molecule has 0 saturated carbocycles. The smallest absolute Gasteiger partial charge is 0.0235 e. The Hall–Kier alpha value is -0.900. The zero-order chi connectivity index (χ0) is 13.1. The number of hydrogen-bond donors (Lipinski definition) is 1. The third-order valence-electron chi connectivity index (χ3n) is 4.54. The predicted molar refractivity (Wildman–Crippen MR) is 78.8 cm³/mol. The molecule has 1 aromatic carbocycles. The Balaban J connectivity index is 1.56. The van der Waals surface area contributed by atoms with Crippen molar-refractivity contribution < 1.29 is 0 Å². The van der Waals surface area contributed by atoms with Crippen molar-refractivity contribution in [2.24, 2.45) is 5.73 Å². The van der Waals surface area contributed by atoms with E-state index in [4.69, 9.17) is 5.73 Å². The van der Waals surface area contributed by atoms with E-state index in [1.807, 2.05) is 0 Å². The highest BCUT2D eigenvalue weighted by Gasteiger charge is 2.28. The van der Waals surface area contributed by atoms with Crippen LogP contribution >= 0.6 is 0 Å². The van der Waals surface area contributed by atoms with Gasteiger partial charge in [-0.05, 0) is 43.5 Å². The number of likely N-dealkylation sites (tertiary alicyclic amines) is 2. The monoisotopic (exact) mass is 259 g/mol. The molecule has 0 spiro atoms. The molecule has 2 N–H and O–H groups in total. The molecule has 1 atom stereocenters. The normalized spacial score (nSPS) is 25.2. The highest BCUT2D eigenvalue weighted by atomic mass is 15.3. The SMILES string of the molecule is NCc1cccc(CN2CCC(N3CCCC3)C2)c1. The Bertz CT molecular complexity index is 412. The van der Waals surface area contributed by atoms with Crippen LogP contribution in [0.25, 0.3) is 0 Å². The van der Waals surface area contributed by atoms with Gasteiger partial charge in [0.05, 0.1) is 0 Å². The fourth-order valence-electron chi connectivity index (χ4n) is 3.47. The molecule has 0 aromatic heterocycles. The van der Waals surface area contributed by atoms with Crippen molar-refractivity contribution in [3.8, 4) is 0 Å². The second-order valence-corrected chi connectivity index (χ2v) is 5.94. The number of benzene rings is 1. The molecule has 0 radical (unpaired) electrons. The van der Waals surface area contributed by atoms with Gasteiger partial charge in [0.15, 0.2) is 0 Å². The van der Waals surface area contributed by atoms with Gasteiger partial charge >= 0.3 is 0 Å². The Morgan fingerprint density at radius 1 is 1.11 bits per heavy atom. The van der Waals surface area contributed by atoms with Crippen LogP contribution in [-0.2, 0) is 13.1 Å². The number of rotatable bonds is 4. The molecule has 2 heterocycles. The molecule has 3 heteroatoms. The summed E-state index contributed by atoms with van der Waals surface area (Å²) in [4.78, 5) is 5.29. The second kappa shape index (κ2) is 6.04. The van der Waals surface area contributed by atoms with Crippen LogP contribution in [-0.4, -0.2) is 42.0 Å². The van der Waals surface area contributed by atoms with Crippen molar-refractivity contribution in [3.63, 3.8) is 0 Å². The van der Waals surface area contributed by atoms with Gasteiger partial charge in [0, 0.05) is 32.2 Å². The summed E-state index contributed by atoms with van der Waals surface area (Å²) in [5.74, 6) is 0. The van der Waals surface area contributed by atoms with E-state index < -0.39 is 0 Å². The predicted octanol–water partition coefficient (Wildman–Crippen LogP) is 1.82. The van der Waals surface area contributed by atoms with Crippen LogP contribution in [0.4, 0.5) is 0 Å². The maximum atomic E-state index is 5.71. The Morgan fingerprint density at radius 2 is 1.89 bits per heavy atom. The van der Waals surface area contributed by atoms with Crippen molar-refractivity contribution in [3.05, 3.63) is 35.4 Å². The van der Waals surface area contributed by atoms with Crippen molar-refractivity contribution in [1.82, 2.24) is 9.80 Å². The van der Waals surface area contributed by atoms with Crippen LogP contribution < -0.4 is 5.73 Å². The number of nitrogens with zero attached hydrogens (tertiary/aromatic N) is 2. The summed E-state index contributed by atoms with van der Waals surface area (Å²) in [6.45, 7) is 6.85. The molecule has 1 aromatic rings. The third-order valence-corrected chi connectivity index (χ3v) is 4.54.